The molecule has 27 heavy (non-hydrogen) atoms. The van der Waals surface area contributed by atoms with Gasteiger partial charge >= 0.3 is 0 Å². The first kappa shape index (κ1) is 18.8. The highest BCUT2D eigenvalue weighted by atomic mass is 19.1. The minimum absolute atomic E-state index is 0.0159. The van der Waals surface area contributed by atoms with E-state index in [0.717, 1.165) is 13.1 Å². The van der Waals surface area contributed by atoms with Crippen LogP contribution >= 0.6 is 0 Å². The van der Waals surface area contributed by atoms with Crippen LogP contribution in [0.1, 0.15) is 5.56 Å². The molecule has 8 heteroatoms. The number of nitro groups is 1. The van der Waals surface area contributed by atoms with Crippen molar-refractivity contribution in [3.63, 3.8) is 0 Å². The van der Waals surface area contributed by atoms with Gasteiger partial charge in [0.2, 0.25) is 5.91 Å². The topological polar surface area (TPSA) is 79.9 Å². The molecule has 1 aliphatic rings. The highest BCUT2D eigenvalue weighted by Crippen LogP contribution is 2.16. The number of nitrogens with zero attached hydrogens (tertiary/aromatic N) is 2. The quantitative estimate of drug-likeness (QED) is 0.587. The number of nitro benzene ring substituents is 1. The molecule has 2 aromatic carbocycles. The molecule has 0 bridgehead atoms. The van der Waals surface area contributed by atoms with Gasteiger partial charge in [0.1, 0.15) is 12.4 Å². The molecule has 142 valence electrons. The largest absolute Gasteiger partial charge is 0.376 e. The Balaban J connectivity index is 1.46. The van der Waals surface area contributed by atoms with Crippen LogP contribution in [0.2, 0.25) is 0 Å². The number of amides is 1. The second kappa shape index (κ2) is 8.59. The van der Waals surface area contributed by atoms with Crippen molar-refractivity contribution in [3.05, 3.63) is 70.0 Å². The zero-order valence-corrected chi connectivity index (χ0v) is 14.9. The summed E-state index contributed by atoms with van der Waals surface area (Å²) in [6, 6.07) is 12.9. The van der Waals surface area contributed by atoms with E-state index < -0.39 is 4.92 Å². The highest BCUT2D eigenvalue weighted by Gasteiger charge is 2.24. The molecule has 0 spiro atoms. The fourth-order valence-electron chi connectivity index (χ4n) is 3.18. The Labute approximate surface area is 156 Å². The molecule has 0 aliphatic carbocycles. The van der Waals surface area contributed by atoms with Crippen LogP contribution in [-0.4, -0.2) is 48.5 Å². The number of halogens is 1. The van der Waals surface area contributed by atoms with Crippen molar-refractivity contribution in [2.24, 2.45) is 0 Å². The van der Waals surface area contributed by atoms with E-state index in [1.165, 1.54) is 23.1 Å². The molecule has 1 aliphatic heterocycles. The van der Waals surface area contributed by atoms with Crippen molar-refractivity contribution in [3.8, 4) is 0 Å². The Hall–Kier alpha value is -3.00. The number of hydrogen-bond acceptors (Lipinski definition) is 4. The Morgan fingerprint density at radius 1 is 1.19 bits per heavy atom. The van der Waals surface area contributed by atoms with Crippen LogP contribution in [0.25, 0.3) is 0 Å². The van der Waals surface area contributed by atoms with E-state index in [-0.39, 0.29) is 24.0 Å². The summed E-state index contributed by atoms with van der Waals surface area (Å²) in [6.07, 6.45) is 0. The Morgan fingerprint density at radius 3 is 2.63 bits per heavy atom. The van der Waals surface area contributed by atoms with E-state index in [2.05, 4.69) is 5.32 Å². The molecule has 2 aromatic rings. The Kier molecular flexibility index (Phi) is 5.97. The summed E-state index contributed by atoms with van der Waals surface area (Å²) in [5.74, 6) is -0.240. The van der Waals surface area contributed by atoms with E-state index >= 15 is 0 Å². The van der Waals surface area contributed by atoms with Crippen molar-refractivity contribution in [1.82, 2.24) is 4.90 Å². The molecule has 7 nitrogen and oxygen atoms in total. The minimum atomic E-state index is -0.468. The van der Waals surface area contributed by atoms with Crippen LogP contribution in [0.15, 0.2) is 48.5 Å². The molecule has 0 unspecified atom stereocenters. The van der Waals surface area contributed by atoms with Gasteiger partial charge in [0.05, 0.1) is 37.6 Å². The summed E-state index contributed by atoms with van der Waals surface area (Å²) in [5, 5.41) is 13.7. The third-order valence-electron chi connectivity index (χ3n) is 4.72. The zero-order valence-electron chi connectivity index (χ0n) is 14.9. The number of nitrogens with one attached hydrogen (secondary N) is 2. The van der Waals surface area contributed by atoms with Crippen LogP contribution in [0, 0.1) is 15.9 Å². The van der Waals surface area contributed by atoms with Gasteiger partial charge in [-0.25, -0.2) is 4.39 Å². The van der Waals surface area contributed by atoms with Gasteiger partial charge in [-0.15, -0.1) is 0 Å². The van der Waals surface area contributed by atoms with E-state index in [9.17, 15) is 19.3 Å². The van der Waals surface area contributed by atoms with Crippen molar-refractivity contribution >= 4 is 17.3 Å². The summed E-state index contributed by atoms with van der Waals surface area (Å²) in [7, 11) is 0. The van der Waals surface area contributed by atoms with Gasteiger partial charge in [0, 0.05) is 23.4 Å². The molecule has 3 rings (SSSR count). The lowest BCUT2D eigenvalue weighted by atomic mass is 10.2. The van der Waals surface area contributed by atoms with E-state index in [1.54, 1.807) is 29.2 Å². The summed E-state index contributed by atoms with van der Waals surface area (Å²) in [5.41, 5.74) is 1.22. The number of benzene rings is 2. The number of hydrogen-bond donors (Lipinski definition) is 2. The second-order valence-electron chi connectivity index (χ2n) is 6.56. The van der Waals surface area contributed by atoms with Gasteiger partial charge in [-0.2, -0.15) is 0 Å². The maximum absolute atomic E-state index is 13.8. The molecule has 0 atom stereocenters. The van der Waals surface area contributed by atoms with Crippen molar-refractivity contribution < 1.29 is 19.0 Å². The first-order valence-electron chi connectivity index (χ1n) is 8.86. The van der Waals surface area contributed by atoms with Crippen LogP contribution in [0.5, 0.6) is 0 Å². The summed E-state index contributed by atoms with van der Waals surface area (Å²) in [6.45, 7) is 3.44. The molecule has 0 radical (unpaired) electrons. The maximum Gasteiger partial charge on any atom is 0.271 e. The highest BCUT2D eigenvalue weighted by molar-refractivity contribution is 5.81. The normalized spacial score (nSPS) is 14.8. The SMILES string of the molecule is O=C(CNc1cccc([N+](=O)[O-])c1)N1CC[NH+](Cc2ccccc2F)CC1. The summed E-state index contributed by atoms with van der Waals surface area (Å²) < 4.78 is 13.8. The fourth-order valence-corrected chi connectivity index (χ4v) is 3.18. The van der Waals surface area contributed by atoms with Crippen molar-refractivity contribution in [2.75, 3.05) is 38.0 Å². The van der Waals surface area contributed by atoms with Gasteiger partial charge < -0.3 is 15.1 Å². The fraction of sp³-hybridized carbons (Fsp3) is 0.316. The Bertz CT molecular complexity index is 822. The monoisotopic (exact) mass is 373 g/mol. The second-order valence-corrected chi connectivity index (χ2v) is 6.56. The van der Waals surface area contributed by atoms with Crippen LogP contribution < -0.4 is 10.2 Å². The van der Waals surface area contributed by atoms with Crippen LogP contribution in [-0.2, 0) is 11.3 Å². The maximum atomic E-state index is 13.8. The average Bonchev–Trinajstić information content (AvgIpc) is 2.68. The minimum Gasteiger partial charge on any atom is -0.376 e. The third kappa shape index (κ3) is 5.01. The lowest BCUT2D eigenvalue weighted by Crippen LogP contribution is -3.13. The number of rotatable bonds is 6. The molecule has 1 fully saturated rings. The zero-order chi connectivity index (χ0) is 19.2. The number of anilines is 1. The van der Waals surface area contributed by atoms with Crippen molar-refractivity contribution in [1.29, 1.82) is 0 Å². The van der Waals surface area contributed by atoms with Crippen LogP contribution in [0.4, 0.5) is 15.8 Å². The molecule has 2 N–H and O–H groups in total. The molecule has 0 aromatic heterocycles. The molecule has 1 amide bonds. The number of carbonyl (C=O) groups excluding carboxylic acids is 1. The number of carbonyl (C=O) groups is 1. The van der Waals surface area contributed by atoms with Crippen molar-refractivity contribution in [2.45, 2.75) is 6.54 Å². The van der Waals surface area contributed by atoms with E-state index in [4.69, 9.17) is 0 Å². The van der Waals surface area contributed by atoms with Gasteiger partial charge in [-0.05, 0) is 12.1 Å². The van der Waals surface area contributed by atoms with Gasteiger partial charge in [0.25, 0.3) is 5.69 Å². The standard InChI is InChI=1S/C19H21FN4O3/c20-18-7-2-1-4-15(18)14-22-8-10-23(11-9-22)19(25)13-21-16-5-3-6-17(12-16)24(26)27/h1-7,12,21H,8-11,13-14H2/p+1. The van der Waals surface area contributed by atoms with Crippen LogP contribution in [0.3, 0.4) is 0 Å². The Morgan fingerprint density at radius 2 is 1.93 bits per heavy atom. The van der Waals surface area contributed by atoms with E-state index in [1.807, 2.05) is 6.07 Å². The molecule has 1 heterocycles. The summed E-state index contributed by atoms with van der Waals surface area (Å²) in [4.78, 5) is 25.7. The molecular weight excluding hydrogens is 351 g/mol. The van der Waals surface area contributed by atoms with Gasteiger partial charge in [-0.3, -0.25) is 14.9 Å². The molecule has 0 saturated carbocycles. The smallest absolute Gasteiger partial charge is 0.271 e. The predicted octanol–water partition coefficient (Wildman–Crippen LogP) is 1.07. The first-order valence-corrected chi connectivity index (χ1v) is 8.86. The lowest BCUT2D eigenvalue weighted by Gasteiger charge is -2.32. The third-order valence-corrected chi connectivity index (χ3v) is 4.72. The first-order chi connectivity index (χ1) is 13.0. The van der Waals surface area contributed by atoms with E-state index in [0.29, 0.717) is 30.9 Å². The summed E-state index contributed by atoms with van der Waals surface area (Å²) >= 11 is 0. The predicted molar refractivity (Wildman–Crippen MR) is 99.0 cm³/mol. The lowest BCUT2D eigenvalue weighted by molar-refractivity contribution is -0.917. The van der Waals surface area contributed by atoms with Gasteiger partial charge in [-0.1, -0.05) is 24.3 Å². The average molecular weight is 373 g/mol. The number of non-ortho nitro benzene ring substituents is 1. The van der Waals surface area contributed by atoms with Gasteiger partial charge in [0.15, 0.2) is 0 Å². The molecular formula is C19H22FN4O3+. The number of piperazine rings is 1. The number of quaternary nitrogens is 1. The molecule has 1 saturated heterocycles.